The summed E-state index contributed by atoms with van der Waals surface area (Å²) in [6, 6.07) is 17.5. The van der Waals surface area contributed by atoms with Crippen LogP contribution in [0.2, 0.25) is 0 Å². The Morgan fingerprint density at radius 2 is 1.71 bits per heavy atom. The minimum Gasteiger partial charge on any atom is -0.491 e. The maximum Gasteiger partial charge on any atom is 0.331 e. The molecule has 196 valence electrons. The lowest BCUT2D eigenvalue weighted by Gasteiger charge is -2.13. The number of aryl methyl sites for hydroxylation is 2. The number of ether oxygens (including phenoxy) is 2. The Morgan fingerprint density at radius 1 is 1.00 bits per heavy atom. The van der Waals surface area contributed by atoms with Crippen molar-refractivity contribution in [2.45, 2.75) is 53.2 Å². The van der Waals surface area contributed by atoms with Gasteiger partial charge in [-0.3, -0.25) is 4.79 Å². The van der Waals surface area contributed by atoms with Crippen molar-refractivity contribution in [3.05, 3.63) is 76.9 Å². The highest BCUT2D eigenvalue weighted by Gasteiger charge is 2.19. The Balaban J connectivity index is 1.48. The largest absolute Gasteiger partial charge is 0.491 e. The number of fused-ring (bicyclic) bond motifs is 3. The minimum absolute atomic E-state index is 0.0313. The Kier molecular flexibility index (Phi) is 7.29. The third-order valence-corrected chi connectivity index (χ3v) is 7.07. The maximum atomic E-state index is 13.6. The SMILES string of the molecule is CCn1c2ccc(C(=O)c3ccc(OCC4CCCO4)cc3C)cc2c2cc(/C(C)=N/OC(C)=O)ccc21. The molecular formula is C31H32N2O5. The van der Waals surface area contributed by atoms with Gasteiger partial charge < -0.3 is 18.9 Å². The van der Waals surface area contributed by atoms with Gasteiger partial charge in [0.1, 0.15) is 12.4 Å². The average molecular weight is 513 g/mol. The highest BCUT2D eigenvalue weighted by Crippen LogP contribution is 2.32. The predicted molar refractivity (Wildman–Crippen MR) is 148 cm³/mol. The number of nitrogens with zero attached hydrogens (tertiary/aromatic N) is 2. The van der Waals surface area contributed by atoms with E-state index >= 15 is 0 Å². The minimum atomic E-state index is -0.464. The van der Waals surface area contributed by atoms with Crippen LogP contribution in [0.1, 0.15) is 60.7 Å². The lowest BCUT2D eigenvalue weighted by atomic mass is 9.97. The van der Waals surface area contributed by atoms with Gasteiger partial charge in [-0.25, -0.2) is 4.79 Å². The monoisotopic (exact) mass is 512 g/mol. The highest BCUT2D eigenvalue weighted by molar-refractivity contribution is 6.16. The van der Waals surface area contributed by atoms with Crippen LogP contribution >= 0.6 is 0 Å². The van der Waals surface area contributed by atoms with Gasteiger partial charge in [0.2, 0.25) is 0 Å². The van der Waals surface area contributed by atoms with Crippen molar-refractivity contribution >= 4 is 39.3 Å². The molecule has 1 aromatic heterocycles. The second-order valence-corrected chi connectivity index (χ2v) is 9.72. The molecule has 5 rings (SSSR count). The zero-order valence-corrected chi connectivity index (χ0v) is 22.2. The molecule has 0 bridgehead atoms. The summed E-state index contributed by atoms with van der Waals surface area (Å²) in [5.41, 5.74) is 5.72. The lowest BCUT2D eigenvalue weighted by Crippen LogP contribution is -2.16. The summed E-state index contributed by atoms with van der Waals surface area (Å²) in [6.07, 6.45) is 2.24. The van der Waals surface area contributed by atoms with E-state index in [1.807, 2.05) is 61.5 Å². The molecule has 0 amide bonds. The Morgan fingerprint density at radius 3 is 2.34 bits per heavy atom. The first-order valence-corrected chi connectivity index (χ1v) is 13.0. The molecule has 1 unspecified atom stereocenters. The van der Waals surface area contributed by atoms with Crippen molar-refractivity contribution in [2.24, 2.45) is 5.16 Å². The van der Waals surface area contributed by atoms with Crippen LogP contribution in [0.4, 0.5) is 0 Å². The molecule has 0 radical (unpaired) electrons. The number of rotatable bonds is 8. The van der Waals surface area contributed by atoms with Crippen LogP contribution in [0.15, 0.2) is 59.8 Å². The normalized spacial score (nSPS) is 15.8. The smallest absolute Gasteiger partial charge is 0.331 e. The molecular weight excluding hydrogens is 480 g/mol. The first kappa shape index (κ1) is 25.7. The Bertz CT molecular complexity index is 1560. The molecule has 1 aliphatic rings. The molecule has 0 spiro atoms. The second-order valence-electron chi connectivity index (χ2n) is 9.72. The van der Waals surface area contributed by atoms with Crippen LogP contribution in [-0.4, -0.2) is 41.3 Å². The highest BCUT2D eigenvalue weighted by atomic mass is 16.7. The van der Waals surface area contributed by atoms with Crippen LogP contribution < -0.4 is 4.74 Å². The molecule has 7 nitrogen and oxygen atoms in total. The van der Waals surface area contributed by atoms with Gasteiger partial charge >= 0.3 is 5.97 Å². The van der Waals surface area contributed by atoms with Crippen LogP contribution in [0.25, 0.3) is 21.8 Å². The Labute approximate surface area is 222 Å². The lowest BCUT2D eigenvalue weighted by molar-refractivity contribution is -0.140. The molecule has 1 aliphatic heterocycles. The third-order valence-electron chi connectivity index (χ3n) is 7.07. The molecule has 0 aliphatic carbocycles. The molecule has 0 N–H and O–H groups in total. The van der Waals surface area contributed by atoms with Crippen molar-refractivity contribution in [3.8, 4) is 5.75 Å². The topological polar surface area (TPSA) is 79.1 Å². The average Bonchev–Trinajstić information content (AvgIpc) is 3.55. The summed E-state index contributed by atoms with van der Waals surface area (Å²) in [5, 5.41) is 5.94. The summed E-state index contributed by atoms with van der Waals surface area (Å²) in [7, 11) is 0. The van der Waals surface area contributed by atoms with Crippen LogP contribution in [0.5, 0.6) is 5.75 Å². The van der Waals surface area contributed by atoms with E-state index in [1.54, 1.807) is 6.92 Å². The van der Waals surface area contributed by atoms with Gasteiger partial charge in [0.05, 0.1) is 11.8 Å². The first-order chi connectivity index (χ1) is 18.4. The fraction of sp³-hybridized carbons (Fsp3) is 0.323. The van der Waals surface area contributed by atoms with E-state index in [9.17, 15) is 9.59 Å². The molecule has 3 aromatic carbocycles. The third kappa shape index (κ3) is 5.07. The van der Waals surface area contributed by atoms with Gasteiger partial charge in [-0.05, 0) is 93.3 Å². The number of aromatic nitrogens is 1. The van der Waals surface area contributed by atoms with Gasteiger partial charge in [-0.1, -0.05) is 11.2 Å². The molecule has 1 atom stereocenters. The van der Waals surface area contributed by atoms with Crippen molar-refractivity contribution < 1.29 is 23.9 Å². The van der Waals surface area contributed by atoms with E-state index in [2.05, 4.69) is 16.6 Å². The van der Waals surface area contributed by atoms with Gasteiger partial charge in [0.25, 0.3) is 0 Å². The van der Waals surface area contributed by atoms with Crippen LogP contribution in [0, 0.1) is 6.92 Å². The number of oxime groups is 1. The second kappa shape index (κ2) is 10.8. The number of benzene rings is 3. The Hall–Kier alpha value is -3.97. The van der Waals surface area contributed by atoms with Crippen molar-refractivity contribution in [3.63, 3.8) is 0 Å². The van der Waals surface area contributed by atoms with Crippen molar-refractivity contribution in [1.29, 1.82) is 0 Å². The fourth-order valence-corrected chi connectivity index (χ4v) is 5.10. The molecule has 1 saturated heterocycles. The van der Waals surface area contributed by atoms with Crippen molar-refractivity contribution in [1.82, 2.24) is 4.57 Å². The number of ketones is 1. The maximum absolute atomic E-state index is 13.6. The van der Waals surface area contributed by atoms with E-state index in [0.29, 0.717) is 23.4 Å². The molecule has 1 fully saturated rings. The van der Waals surface area contributed by atoms with E-state index in [0.717, 1.165) is 64.7 Å². The summed E-state index contributed by atoms with van der Waals surface area (Å²) in [5.74, 6) is 0.249. The van der Waals surface area contributed by atoms with E-state index in [4.69, 9.17) is 14.3 Å². The molecule has 7 heteroatoms. The summed E-state index contributed by atoms with van der Waals surface area (Å²) < 4.78 is 13.8. The summed E-state index contributed by atoms with van der Waals surface area (Å²) in [4.78, 5) is 29.6. The van der Waals surface area contributed by atoms with E-state index in [-0.39, 0.29) is 11.9 Å². The molecule has 38 heavy (non-hydrogen) atoms. The zero-order chi connectivity index (χ0) is 26.8. The quantitative estimate of drug-likeness (QED) is 0.122. The van der Waals surface area contributed by atoms with Gasteiger partial charge in [0.15, 0.2) is 5.78 Å². The fourth-order valence-electron chi connectivity index (χ4n) is 5.10. The van der Waals surface area contributed by atoms with E-state index < -0.39 is 5.97 Å². The van der Waals surface area contributed by atoms with E-state index in [1.165, 1.54) is 6.92 Å². The standard InChI is InChI=1S/C31H32N2O5/c1-5-33-29-12-8-22(20(3)32-38-21(4)34)16-27(29)28-17-23(9-13-30(28)33)31(35)26-11-10-24(15-19(26)2)37-18-25-7-6-14-36-25/h8-13,15-17,25H,5-7,14,18H2,1-4H3/b32-20+. The first-order valence-electron chi connectivity index (χ1n) is 13.0. The summed E-state index contributed by atoms with van der Waals surface area (Å²) >= 11 is 0. The van der Waals surface area contributed by atoms with Gasteiger partial charge in [0, 0.05) is 53.0 Å². The number of hydrogen-bond acceptors (Lipinski definition) is 6. The predicted octanol–water partition coefficient (Wildman–Crippen LogP) is 6.20. The number of carbonyl (C=O) groups is 2. The van der Waals surface area contributed by atoms with Gasteiger partial charge in [-0.15, -0.1) is 0 Å². The number of carbonyl (C=O) groups excluding carboxylic acids is 2. The van der Waals surface area contributed by atoms with Crippen LogP contribution in [-0.2, 0) is 20.9 Å². The molecule has 0 saturated carbocycles. The molecule has 2 heterocycles. The number of hydrogen-bond donors (Lipinski definition) is 0. The van der Waals surface area contributed by atoms with Crippen molar-refractivity contribution in [2.75, 3.05) is 13.2 Å². The molecule has 4 aromatic rings. The van der Waals surface area contributed by atoms with Crippen LogP contribution in [0.3, 0.4) is 0 Å². The summed E-state index contributed by atoms with van der Waals surface area (Å²) in [6.45, 7) is 9.27. The van der Waals surface area contributed by atoms with Gasteiger partial charge in [-0.2, -0.15) is 0 Å². The zero-order valence-electron chi connectivity index (χ0n) is 22.2.